The lowest BCUT2D eigenvalue weighted by molar-refractivity contribution is 0.0371. The highest BCUT2D eigenvalue weighted by atomic mass is 16.2. The number of amides is 1. The van der Waals surface area contributed by atoms with E-state index in [0.29, 0.717) is 17.6 Å². The van der Waals surface area contributed by atoms with Crippen molar-refractivity contribution in [3.8, 4) is 0 Å². The number of aromatic nitrogens is 1. The summed E-state index contributed by atoms with van der Waals surface area (Å²) in [4.78, 5) is 21.8. The lowest BCUT2D eigenvalue weighted by atomic mass is 10.1. The fourth-order valence-corrected chi connectivity index (χ4v) is 3.69. The van der Waals surface area contributed by atoms with Crippen molar-refractivity contribution >= 4 is 11.7 Å². The topological polar surface area (TPSA) is 48.5 Å². The van der Waals surface area contributed by atoms with Gasteiger partial charge in [0.15, 0.2) is 0 Å². The highest BCUT2D eigenvalue weighted by Crippen LogP contribution is 2.18. The number of nitrogens with zero attached hydrogens (tertiary/aromatic N) is 3. The molecule has 1 aromatic heterocycles. The summed E-state index contributed by atoms with van der Waals surface area (Å²) in [7, 11) is 0. The second kappa shape index (κ2) is 9.00. The van der Waals surface area contributed by atoms with Gasteiger partial charge in [0.2, 0.25) is 0 Å². The van der Waals surface area contributed by atoms with Gasteiger partial charge in [-0.1, -0.05) is 37.3 Å². The Kier molecular flexibility index (Phi) is 6.45. The van der Waals surface area contributed by atoms with E-state index in [9.17, 15) is 4.79 Å². The largest absolute Gasteiger partial charge is 0.366 e. The van der Waals surface area contributed by atoms with Crippen molar-refractivity contribution in [3.63, 3.8) is 0 Å². The molecule has 1 fully saturated rings. The maximum absolute atomic E-state index is 12.9. The quantitative estimate of drug-likeness (QED) is 0.848. The van der Waals surface area contributed by atoms with Gasteiger partial charge in [-0.2, -0.15) is 0 Å². The standard InChI is InChI=1S/C22H30N4O/c1-4-20-16-25(12-13-26(20)17(2)3)22(27)19-10-11-21(24-15-19)23-14-18-8-6-5-7-9-18/h5-11,15,17,20H,4,12-14,16H2,1-3H3,(H,23,24)/t20-/m0/s1. The summed E-state index contributed by atoms with van der Waals surface area (Å²) in [6.07, 6.45) is 2.74. The second-order valence-electron chi connectivity index (χ2n) is 7.42. The van der Waals surface area contributed by atoms with Gasteiger partial charge < -0.3 is 10.2 Å². The van der Waals surface area contributed by atoms with E-state index in [0.717, 1.165) is 38.4 Å². The second-order valence-corrected chi connectivity index (χ2v) is 7.42. The van der Waals surface area contributed by atoms with E-state index in [1.165, 1.54) is 5.56 Å². The maximum Gasteiger partial charge on any atom is 0.255 e. The molecule has 0 radical (unpaired) electrons. The summed E-state index contributed by atoms with van der Waals surface area (Å²) in [5.74, 6) is 0.866. The molecule has 27 heavy (non-hydrogen) atoms. The van der Waals surface area contributed by atoms with Crippen LogP contribution in [0.2, 0.25) is 0 Å². The minimum atomic E-state index is 0.0824. The molecule has 0 spiro atoms. The predicted octanol–water partition coefficient (Wildman–Crippen LogP) is 3.64. The molecule has 1 aromatic carbocycles. The Labute approximate surface area is 162 Å². The van der Waals surface area contributed by atoms with Crippen LogP contribution in [0.5, 0.6) is 0 Å². The average Bonchev–Trinajstić information content (AvgIpc) is 2.72. The number of piperazine rings is 1. The summed E-state index contributed by atoms with van der Waals surface area (Å²) < 4.78 is 0. The van der Waals surface area contributed by atoms with Gasteiger partial charge in [0.25, 0.3) is 5.91 Å². The number of carbonyl (C=O) groups is 1. The predicted molar refractivity (Wildman–Crippen MR) is 110 cm³/mol. The molecule has 5 nitrogen and oxygen atoms in total. The molecule has 1 aliphatic rings. The Bertz CT molecular complexity index is 730. The molecule has 1 atom stereocenters. The van der Waals surface area contributed by atoms with Gasteiger partial charge >= 0.3 is 0 Å². The molecular formula is C22H30N4O. The maximum atomic E-state index is 12.9. The molecule has 0 unspecified atom stereocenters. The number of rotatable bonds is 6. The smallest absolute Gasteiger partial charge is 0.255 e. The van der Waals surface area contributed by atoms with Gasteiger partial charge in [0, 0.05) is 44.5 Å². The minimum absolute atomic E-state index is 0.0824. The lowest BCUT2D eigenvalue weighted by Gasteiger charge is -2.43. The third-order valence-electron chi connectivity index (χ3n) is 5.28. The van der Waals surface area contributed by atoms with Crippen molar-refractivity contribution in [1.29, 1.82) is 0 Å². The molecule has 0 aliphatic carbocycles. The number of carbonyl (C=O) groups excluding carboxylic acids is 1. The zero-order valence-electron chi connectivity index (χ0n) is 16.6. The molecule has 1 amide bonds. The first kappa shape index (κ1) is 19.4. The molecule has 3 rings (SSSR count). The average molecular weight is 367 g/mol. The van der Waals surface area contributed by atoms with Crippen molar-refractivity contribution in [3.05, 3.63) is 59.8 Å². The van der Waals surface area contributed by atoms with Crippen molar-refractivity contribution in [1.82, 2.24) is 14.8 Å². The van der Waals surface area contributed by atoms with Crippen LogP contribution in [0.1, 0.15) is 43.1 Å². The summed E-state index contributed by atoms with van der Waals surface area (Å²) in [5, 5.41) is 3.30. The van der Waals surface area contributed by atoms with Crippen molar-refractivity contribution < 1.29 is 4.79 Å². The Balaban J connectivity index is 1.59. The van der Waals surface area contributed by atoms with Crippen LogP contribution in [0.15, 0.2) is 48.7 Å². The first-order chi connectivity index (χ1) is 13.1. The van der Waals surface area contributed by atoms with Gasteiger partial charge in [0.1, 0.15) is 5.82 Å². The number of hydrogen-bond donors (Lipinski definition) is 1. The molecular weight excluding hydrogens is 336 g/mol. The zero-order chi connectivity index (χ0) is 19.2. The molecule has 5 heteroatoms. The SMILES string of the molecule is CC[C@H]1CN(C(=O)c2ccc(NCc3ccccc3)nc2)CCN1C(C)C. The third-order valence-corrected chi connectivity index (χ3v) is 5.28. The van der Waals surface area contributed by atoms with Crippen molar-refractivity contribution in [2.45, 2.75) is 45.8 Å². The molecule has 0 saturated carbocycles. The fourth-order valence-electron chi connectivity index (χ4n) is 3.69. The van der Waals surface area contributed by atoms with Gasteiger partial charge in [-0.25, -0.2) is 4.98 Å². The molecule has 1 aliphatic heterocycles. The zero-order valence-corrected chi connectivity index (χ0v) is 16.6. The summed E-state index contributed by atoms with van der Waals surface area (Å²) in [6, 6.07) is 14.9. The van der Waals surface area contributed by atoms with Gasteiger partial charge in [0.05, 0.1) is 5.56 Å². The van der Waals surface area contributed by atoms with E-state index in [4.69, 9.17) is 0 Å². The van der Waals surface area contributed by atoms with Crippen LogP contribution in [0.25, 0.3) is 0 Å². The first-order valence-corrected chi connectivity index (χ1v) is 9.87. The number of nitrogens with one attached hydrogen (secondary N) is 1. The summed E-state index contributed by atoms with van der Waals surface area (Å²) in [5.41, 5.74) is 1.86. The number of anilines is 1. The van der Waals surface area contributed by atoms with Crippen LogP contribution in [0, 0.1) is 0 Å². The van der Waals surface area contributed by atoms with E-state index < -0.39 is 0 Å². The van der Waals surface area contributed by atoms with Crippen LogP contribution in [0.3, 0.4) is 0 Å². The summed E-state index contributed by atoms with van der Waals surface area (Å²) in [6.45, 7) is 9.88. The Hall–Kier alpha value is -2.40. The number of pyridine rings is 1. The van der Waals surface area contributed by atoms with Crippen molar-refractivity contribution in [2.24, 2.45) is 0 Å². The van der Waals surface area contributed by atoms with E-state index in [2.05, 4.69) is 48.1 Å². The lowest BCUT2D eigenvalue weighted by Crippen LogP contribution is -2.56. The molecule has 2 heterocycles. The normalized spacial score (nSPS) is 17.9. The Morgan fingerprint density at radius 3 is 2.59 bits per heavy atom. The first-order valence-electron chi connectivity index (χ1n) is 9.87. The minimum Gasteiger partial charge on any atom is -0.366 e. The van der Waals surface area contributed by atoms with Gasteiger partial charge in [-0.05, 0) is 38.0 Å². The van der Waals surface area contributed by atoms with Crippen LogP contribution in [-0.4, -0.2) is 52.4 Å². The molecule has 0 bridgehead atoms. The molecule has 2 aromatic rings. The Morgan fingerprint density at radius 2 is 1.96 bits per heavy atom. The molecule has 1 saturated heterocycles. The Morgan fingerprint density at radius 1 is 1.19 bits per heavy atom. The number of hydrogen-bond acceptors (Lipinski definition) is 4. The van der Waals surface area contributed by atoms with E-state index in [1.54, 1.807) is 6.20 Å². The fraction of sp³-hybridized carbons (Fsp3) is 0.455. The van der Waals surface area contributed by atoms with Gasteiger partial charge in [-0.3, -0.25) is 9.69 Å². The van der Waals surface area contributed by atoms with E-state index in [-0.39, 0.29) is 5.91 Å². The molecule has 144 valence electrons. The molecule has 1 N–H and O–H groups in total. The third kappa shape index (κ3) is 4.86. The highest BCUT2D eigenvalue weighted by molar-refractivity contribution is 5.94. The van der Waals surface area contributed by atoms with Crippen LogP contribution >= 0.6 is 0 Å². The highest BCUT2D eigenvalue weighted by Gasteiger charge is 2.30. The van der Waals surface area contributed by atoms with Crippen molar-refractivity contribution in [2.75, 3.05) is 25.0 Å². The van der Waals surface area contributed by atoms with Crippen LogP contribution in [-0.2, 0) is 6.54 Å². The van der Waals surface area contributed by atoms with E-state index >= 15 is 0 Å². The number of benzene rings is 1. The van der Waals surface area contributed by atoms with E-state index in [1.807, 2.05) is 35.2 Å². The monoisotopic (exact) mass is 366 g/mol. The van der Waals surface area contributed by atoms with Crippen LogP contribution < -0.4 is 5.32 Å². The summed E-state index contributed by atoms with van der Waals surface area (Å²) >= 11 is 0. The van der Waals surface area contributed by atoms with Gasteiger partial charge in [-0.15, -0.1) is 0 Å². The van der Waals surface area contributed by atoms with Crippen LogP contribution in [0.4, 0.5) is 5.82 Å².